The monoisotopic (exact) mass is 388 g/mol. The molecule has 2 aliphatic heterocycles. The SMILES string of the molecule is CC(C(=O)N1CCc2cc(S(=O)(=O)N3CCCCC3)ccc21)n1cccn1. The second kappa shape index (κ2) is 7.09. The highest BCUT2D eigenvalue weighted by Gasteiger charge is 2.32. The maximum absolute atomic E-state index is 12.9. The van der Waals surface area contributed by atoms with Crippen LogP contribution in [-0.2, 0) is 21.2 Å². The van der Waals surface area contributed by atoms with Gasteiger partial charge in [-0.1, -0.05) is 6.42 Å². The normalized spacial score (nSPS) is 19.1. The molecule has 1 amide bonds. The Morgan fingerprint density at radius 3 is 2.63 bits per heavy atom. The van der Waals surface area contributed by atoms with E-state index in [0.717, 1.165) is 30.5 Å². The molecule has 1 unspecified atom stereocenters. The van der Waals surface area contributed by atoms with Crippen LogP contribution in [0.25, 0.3) is 0 Å². The van der Waals surface area contributed by atoms with Gasteiger partial charge in [-0.3, -0.25) is 9.48 Å². The van der Waals surface area contributed by atoms with Crippen molar-refractivity contribution in [1.29, 1.82) is 0 Å². The number of hydrogen-bond acceptors (Lipinski definition) is 4. The van der Waals surface area contributed by atoms with Crippen LogP contribution < -0.4 is 4.90 Å². The lowest BCUT2D eigenvalue weighted by Crippen LogP contribution is -2.36. The topological polar surface area (TPSA) is 75.5 Å². The highest BCUT2D eigenvalue weighted by atomic mass is 32.2. The summed E-state index contributed by atoms with van der Waals surface area (Å²) in [5, 5.41) is 4.15. The number of benzene rings is 1. The predicted octanol–water partition coefficient (Wildman–Crippen LogP) is 2.21. The van der Waals surface area contributed by atoms with Crippen LogP contribution in [0.4, 0.5) is 5.69 Å². The molecule has 144 valence electrons. The first kappa shape index (κ1) is 18.2. The highest BCUT2D eigenvalue weighted by Crippen LogP contribution is 2.33. The summed E-state index contributed by atoms with van der Waals surface area (Å²) in [4.78, 5) is 14.9. The van der Waals surface area contributed by atoms with E-state index in [1.54, 1.807) is 50.5 Å². The van der Waals surface area contributed by atoms with Crippen LogP contribution in [0.3, 0.4) is 0 Å². The lowest BCUT2D eigenvalue weighted by atomic mass is 10.2. The van der Waals surface area contributed by atoms with Crippen LogP contribution in [0.5, 0.6) is 0 Å². The fraction of sp³-hybridized carbons (Fsp3) is 0.474. The number of amides is 1. The smallest absolute Gasteiger partial charge is 0.251 e. The third-order valence-corrected chi connectivity index (χ3v) is 7.34. The third kappa shape index (κ3) is 3.27. The molecule has 8 heteroatoms. The Morgan fingerprint density at radius 1 is 1.15 bits per heavy atom. The molecule has 0 aliphatic carbocycles. The van der Waals surface area contributed by atoms with Crippen LogP contribution in [0.2, 0.25) is 0 Å². The lowest BCUT2D eigenvalue weighted by Gasteiger charge is -2.26. The molecular formula is C19H24N4O3S. The van der Waals surface area contributed by atoms with Gasteiger partial charge in [0.15, 0.2) is 0 Å². The van der Waals surface area contributed by atoms with Crippen molar-refractivity contribution < 1.29 is 13.2 Å². The Bertz CT molecular complexity index is 934. The Labute approximate surface area is 159 Å². The fourth-order valence-electron chi connectivity index (χ4n) is 3.87. The van der Waals surface area contributed by atoms with Gasteiger partial charge in [-0.05, 0) is 56.0 Å². The molecule has 0 N–H and O–H groups in total. The molecule has 7 nitrogen and oxygen atoms in total. The number of carbonyl (C=O) groups is 1. The molecule has 1 fully saturated rings. The number of hydrogen-bond donors (Lipinski definition) is 0. The van der Waals surface area contributed by atoms with Crippen molar-refractivity contribution in [3.05, 3.63) is 42.2 Å². The average Bonchev–Trinajstić information content (AvgIpc) is 3.37. The zero-order valence-electron chi connectivity index (χ0n) is 15.4. The molecule has 2 aliphatic rings. The van der Waals surface area contributed by atoms with Gasteiger partial charge in [0.1, 0.15) is 6.04 Å². The summed E-state index contributed by atoms with van der Waals surface area (Å²) in [5.41, 5.74) is 1.71. The first-order valence-electron chi connectivity index (χ1n) is 9.42. The van der Waals surface area contributed by atoms with Crippen LogP contribution in [0.1, 0.15) is 37.8 Å². The molecule has 0 spiro atoms. The van der Waals surface area contributed by atoms with Gasteiger partial charge in [-0.15, -0.1) is 0 Å². The summed E-state index contributed by atoms with van der Waals surface area (Å²) < 4.78 is 29.0. The third-order valence-electron chi connectivity index (χ3n) is 5.44. The van der Waals surface area contributed by atoms with E-state index in [1.165, 1.54) is 0 Å². The summed E-state index contributed by atoms with van der Waals surface area (Å²) in [5.74, 6) is -0.0379. The second-order valence-corrected chi connectivity index (χ2v) is 9.10. The Hall–Kier alpha value is -2.19. The van der Waals surface area contributed by atoms with Crippen molar-refractivity contribution >= 4 is 21.6 Å². The van der Waals surface area contributed by atoms with Crippen LogP contribution in [0.15, 0.2) is 41.6 Å². The maximum atomic E-state index is 12.9. The zero-order valence-corrected chi connectivity index (χ0v) is 16.2. The van der Waals surface area contributed by atoms with Gasteiger partial charge in [-0.25, -0.2) is 8.42 Å². The quantitative estimate of drug-likeness (QED) is 0.805. The largest absolute Gasteiger partial charge is 0.310 e. The van der Waals surface area contributed by atoms with Gasteiger partial charge in [0, 0.05) is 37.7 Å². The average molecular weight is 388 g/mol. The molecule has 0 bridgehead atoms. The number of rotatable bonds is 4. The van der Waals surface area contributed by atoms with Gasteiger partial charge >= 0.3 is 0 Å². The Kier molecular flexibility index (Phi) is 4.77. The molecular weight excluding hydrogens is 364 g/mol. The van der Waals surface area contributed by atoms with E-state index in [2.05, 4.69) is 5.10 Å². The number of piperidine rings is 1. The zero-order chi connectivity index (χ0) is 19.0. The van der Waals surface area contributed by atoms with Gasteiger partial charge in [0.05, 0.1) is 4.90 Å². The Morgan fingerprint density at radius 2 is 1.93 bits per heavy atom. The Balaban J connectivity index is 1.58. The van der Waals surface area contributed by atoms with E-state index >= 15 is 0 Å². The van der Waals surface area contributed by atoms with Gasteiger partial charge in [0.2, 0.25) is 10.0 Å². The maximum Gasteiger partial charge on any atom is 0.251 e. The van der Waals surface area contributed by atoms with Crippen LogP contribution >= 0.6 is 0 Å². The fourth-order valence-corrected chi connectivity index (χ4v) is 5.44. The van der Waals surface area contributed by atoms with Gasteiger partial charge < -0.3 is 4.90 Å². The van der Waals surface area contributed by atoms with E-state index in [1.807, 2.05) is 6.92 Å². The number of anilines is 1. The first-order chi connectivity index (χ1) is 13.0. The molecule has 1 atom stereocenters. The van der Waals surface area contributed by atoms with E-state index in [4.69, 9.17) is 0 Å². The number of sulfonamides is 1. The predicted molar refractivity (Wildman–Crippen MR) is 102 cm³/mol. The second-order valence-electron chi connectivity index (χ2n) is 7.16. The number of fused-ring (bicyclic) bond motifs is 1. The van der Waals surface area contributed by atoms with E-state index in [9.17, 15) is 13.2 Å². The van der Waals surface area contributed by atoms with Crippen molar-refractivity contribution in [1.82, 2.24) is 14.1 Å². The summed E-state index contributed by atoms with van der Waals surface area (Å²) in [7, 11) is -3.46. The highest BCUT2D eigenvalue weighted by molar-refractivity contribution is 7.89. The van der Waals surface area contributed by atoms with E-state index in [0.29, 0.717) is 31.0 Å². The van der Waals surface area contributed by atoms with Crippen molar-refractivity contribution in [3.63, 3.8) is 0 Å². The molecule has 0 radical (unpaired) electrons. The first-order valence-corrected chi connectivity index (χ1v) is 10.9. The lowest BCUT2D eigenvalue weighted by molar-refractivity contribution is -0.121. The minimum atomic E-state index is -3.46. The number of nitrogens with zero attached hydrogens (tertiary/aromatic N) is 4. The number of carbonyl (C=O) groups excluding carboxylic acids is 1. The summed E-state index contributed by atoms with van der Waals surface area (Å²) in [6, 6.07) is 6.53. The molecule has 1 aromatic heterocycles. The van der Waals surface area contributed by atoms with Crippen LogP contribution in [-0.4, -0.2) is 48.0 Å². The van der Waals surface area contributed by atoms with Crippen LogP contribution in [0, 0.1) is 0 Å². The van der Waals surface area contributed by atoms with Crippen molar-refractivity contribution in [2.45, 2.75) is 43.5 Å². The number of aromatic nitrogens is 2. The van der Waals surface area contributed by atoms with Crippen molar-refractivity contribution in [3.8, 4) is 0 Å². The minimum absolute atomic E-state index is 0.0379. The summed E-state index contributed by atoms with van der Waals surface area (Å²) >= 11 is 0. The minimum Gasteiger partial charge on any atom is -0.310 e. The van der Waals surface area contributed by atoms with E-state index < -0.39 is 16.1 Å². The molecule has 1 saturated heterocycles. The van der Waals surface area contributed by atoms with E-state index in [-0.39, 0.29) is 5.91 Å². The van der Waals surface area contributed by atoms with Crippen molar-refractivity contribution in [2.75, 3.05) is 24.5 Å². The molecule has 0 saturated carbocycles. The van der Waals surface area contributed by atoms with Crippen molar-refractivity contribution in [2.24, 2.45) is 0 Å². The molecule has 27 heavy (non-hydrogen) atoms. The summed E-state index contributed by atoms with van der Waals surface area (Å²) in [6.45, 7) is 3.56. The van der Waals surface area contributed by atoms with Gasteiger partial charge in [-0.2, -0.15) is 9.40 Å². The molecule has 1 aromatic carbocycles. The molecule has 2 aromatic rings. The molecule has 3 heterocycles. The summed E-state index contributed by atoms with van der Waals surface area (Å²) in [6.07, 6.45) is 7.00. The van der Waals surface area contributed by atoms with Gasteiger partial charge in [0.25, 0.3) is 5.91 Å². The standard InChI is InChI=1S/C19H24N4O3S/c1-15(23-12-5-9-20-23)19(24)22-13-8-16-14-17(6-7-18(16)22)27(25,26)21-10-3-2-4-11-21/h5-7,9,12,14-15H,2-4,8,10-11,13H2,1H3. The molecule has 4 rings (SSSR count).